The monoisotopic (exact) mass is 395 g/mol. The van der Waals surface area contributed by atoms with Gasteiger partial charge < -0.3 is 9.73 Å². The summed E-state index contributed by atoms with van der Waals surface area (Å²) in [4.78, 5) is 2.39. The van der Waals surface area contributed by atoms with E-state index in [1.54, 1.807) is 23.1 Å². The number of anilines is 1. The minimum absolute atomic E-state index is 0.0287. The summed E-state index contributed by atoms with van der Waals surface area (Å²) in [6, 6.07) is 2.11. The van der Waals surface area contributed by atoms with Crippen molar-refractivity contribution in [2.24, 2.45) is 0 Å². The zero-order chi connectivity index (χ0) is 18.0. The molecule has 0 fully saturated rings. The summed E-state index contributed by atoms with van der Waals surface area (Å²) < 4.78 is 6.68. The molecule has 0 radical (unpaired) electrons. The standard InChI is InChI=1S/C16H21N5OS3/c1-6-10-9(2)7-11(24-10)13-19-18-12(22-13)8-23-15-21-20-14(25-15)17-16(3,4)5/h7H,6,8H2,1-5H3,(H,17,20). The van der Waals surface area contributed by atoms with Gasteiger partial charge in [0.15, 0.2) is 4.34 Å². The minimum atomic E-state index is -0.0287. The highest BCUT2D eigenvalue weighted by atomic mass is 32.2. The van der Waals surface area contributed by atoms with Crippen molar-refractivity contribution >= 4 is 39.6 Å². The van der Waals surface area contributed by atoms with Crippen molar-refractivity contribution in [3.05, 3.63) is 22.4 Å². The third kappa shape index (κ3) is 4.80. The lowest BCUT2D eigenvalue weighted by Crippen LogP contribution is -2.25. The number of thiophene rings is 1. The molecule has 0 unspecified atom stereocenters. The Bertz CT molecular complexity index is 846. The van der Waals surface area contributed by atoms with Crippen molar-refractivity contribution in [2.75, 3.05) is 5.32 Å². The molecule has 0 bridgehead atoms. The summed E-state index contributed by atoms with van der Waals surface area (Å²) in [5.74, 6) is 1.78. The van der Waals surface area contributed by atoms with Crippen LogP contribution < -0.4 is 5.32 Å². The number of hydrogen-bond donors (Lipinski definition) is 1. The third-order valence-electron chi connectivity index (χ3n) is 3.23. The first kappa shape index (κ1) is 18.3. The average molecular weight is 396 g/mol. The smallest absolute Gasteiger partial charge is 0.257 e. The fourth-order valence-electron chi connectivity index (χ4n) is 2.15. The molecule has 0 aromatic carbocycles. The average Bonchev–Trinajstić information content (AvgIpc) is 3.23. The van der Waals surface area contributed by atoms with Crippen molar-refractivity contribution in [3.8, 4) is 10.8 Å². The fraction of sp³-hybridized carbons (Fsp3) is 0.500. The molecule has 0 aliphatic rings. The molecule has 3 aromatic rings. The topological polar surface area (TPSA) is 76.7 Å². The van der Waals surface area contributed by atoms with E-state index in [1.807, 2.05) is 0 Å². The molecule has 25 heavy (non-hydrogen) atoms. The van der Waals surface area contributed by atoms with Crippen LogP contribution in [0.4, 0.5) is 5.13 Å². The quantitative estimate of drug-likeness (QED) is 0.587. The Morgan fingerprint density at radius 2 is 1.96 bits per heavy atom. The van der Waals surface area contributed by atoms with E-state index in [-0.39, 0.29) is 5.54 Å². The van der Waals surface area contributed by atoms with Crippen LogP contribution in [-0.4, -0.2) is 25.9 Å². The molecular formula is C16H21N5OS3. The largest absolute Gasteiger partial charge is 0.419 e. The van der Waals surface area contributed by atoms with Gasteiger partial charge >= 0.3 is 0 Å². The van der Waals surface area contributed by atoms with Crippen molar-refractivity contribution in [1.82, 2.24) is 20.4 Å². The molecule has 0 saturated carbocycles. The lowest BCUT2D eigenvalue weighted by Gasteiger charge is -2.18. The van der Waals surface area contributed by atoms with Crippen LogP contribution in [0.5, 0.6) is 0 Å². The van der Waals surface area contributed by atoms with E-state index in [4.69, 9.17) is 4.42 Å². The van der Waals surface area contributed by atoms with Crippen molar-refractivity contribution in [2.45, 2.75) is 56.7 Å². The molecule has 3 aromatic heterocycles. The van der Waals surface area contributed by atoms with Gasteiger partial charge in [0.1, 0.15) is 0 Å². The van der Waals surface area contributed by atoms with Gasteiger partial charge in [-0.15, -0.1) is 31.7 Å². The van der Waals surface area contributed by atoms with E-state index < -0.39 is 0 Å². The highest BCUT2D eigenvalue weighted by Crippen LogP contribution is 2.33. The maximum absolute atomic E-state index is 5.80. The van der Waals surface area contributed by atoms with Crippen LogP contribution in [0.1, 0.15) is 44.0 Å². The molecule has 134 valence electrons. The molecule has 3 rings (SSSR count). The summed E-state index contributed by atoms with van der Waals surface area (Å²) in [6.07, 6.45) is 1.02. The van der Waals surface area contributed by atoms with Crippen molar-refractivity contribution in [1.29, 1.82) is 0 Å². The number of aryl methyl sites for hydroxylation is 2. The Hall–Kier alpha value is -1.45. The normalized spacial score (nSPS) is 11.9. The first-order valence-electron chi connectivity index (χ1n) is 8.00. The highest BCUT2D eigenvalue weighted by molar-refractivity contribution is 8.00. The number of thioether (sulfide) groups is 1. The maximum Gasteiger partial charge on any atom is 0.257 e. The van der Waals surface area contributed by atoms with Crippen LogP contribution >= 0.6 is 34.4 Å². The van der Waals surface area contributed by atoms with Gasteiger partial charge in [0.2, 0.25) is 11.0 Å². The van der Waals surface area contributed by atoms with Crippen molar-refractivity contribution in [3.63, 3.8) is 0 Å². The summed E-state index contributed by atoms with van der Waals surface area (Å²) >= 11 is 4.80. The Morgan fingerprint density at radius 3 is 2.64 bits per heavy atom. The van der Waals surface area contributed by atoms with Crippen molar-refractivity contribution < 1.29 is 4.42 Å². The molecule has 0 spiro atoms. The first-order valence-corrected chi connectivity index (χ1v) is 10.6. The van der Waals surface area contributed by atoms with Gasteiger partial charge in [0.25, 0.3) is 5.89 Å². The Kier molecular flexibility index (Phi) is 5.45. The summed E-state index contributed by atoms with van der Waals surface area (Å²) in [5.41, 5.74) is 1.25. The van der Waals surface area contributed by atoms with Crippen LogP contribution in [0.25, 0.3) is 10.8 Å². The van der Waals surface area contributed by atoms with Crippen LogP contribution in [0.3, 0.4) is 0 Å². The summed E-state index contributed by atoms with van der Waals surface area (Å²) in [6.45, 7) is 10.6. The highest BCUT2D eigenvalue weighted by Gasteiger charge is 2.16. The van der Waals surface area contributed by atoms with Gasteiger partial charge in [-0.25, -0.2) is 0 Å². The van der Waals surface area contributed by atoms with Gasteiger partial charge in [0, 0.05) is 10.4 Å². The third-order valence-corrected chi connectivity index (χ3v) is 6.55. The number of nitrogens with zero attached hydrogens (tertiary/aromatic N) is 4. The zero-order valence-electron chi connectivity index (χ0n) is 14.9. The molecule has 0 aliphatic heterocycles. The van der Waals surface area contributed by atoms with Gasteiger partial charge in [-0.3, -0.25) is 0 Å². The Labute approximate surface area is 159 Å². The number of nitrogens with one attached hydrogen (secondary N) is 1. The fourth-order valence-corrected chi connectivity index (χ4v) is 4.98. The molecular weight excluding hydrogens is 374 g/mol. The number of hydrogen-bond acceptors (Lipinski definition) is 9. The molecule has 0 saturated heterocycles. The van der Waals surface area contributed by atoms with E-state index >= 15 is 0 Å². The first-order chi connectivity index (χ1) is 11.8. The van der Waals surface area contributed by atoms with Gasteiger partial charge in [-0.1, -0.05) is 30.0 Å². The van der Waals surface area contributed by atoms with Gasteiger partial charge in [-0.05, 0) is 45.7 Å². The van der Waals surface area contributed by atoms with E-state index in [2.05, 4.69) is 66.4 Å². The van der Waals surface area contributed by atoms with E-state index in [1.165, 1.54) is 21.8 Å². The molecule has 3 heterocycles. The molecule has 9 heteroatoms. The lowest BCUT2D eigenvalue weighted by molar-refractivity contribution is 0.529. The molecule has 0 amide bonds. The van der Waals surface area contributed by atoms with Crippen LogP contribution in [0.15, 0.2) is 14.8 Å². The summed E-state index contributed by atoms with van der Waals surface area (Å²) in [7, 11) is 0. The lowest BCUT2D eigenvalue weighted by atomic mass is 10.1. The second-order valence-electron chi connectivity index (χ2n) is 6.61. The molecule has 1 N–H and O–H groups in total. The van der Waals surface area contributed by atoms with Crippen LogP contribution in [-0.2, 0) is 12.2 Å². The van der Waals surface area contributed by atoms with E-state index in [0.717, 1.165) is 20.8 Å². The second-order valence-corrected chi connectivity index (χ2v) is 9.94. The van der Waals surface area contributed by atoms with E-state index in [0.29, 0.717) is 17.5 Å². The zero-order valence-corrected chi connectivity index (χ0v) is 17.4. The molecule has 6 nitrogen and oxygen atoms in total. The maximum atomic E-state index is 5.80. The molecule has 0 atom stereocenters. The van der Waals surface area contributed by atoms with Crippen LogP contribution in [0, 0.1) is 6.92 Å². The predicted molar refractivity (Wildman–Crippen MR) is 105 cm³/mol. The number of rotatable bonds is 6. The predicted octanol–water partition coefficient (Wildman–Crippen LogP) is 5.02. The van der Waals surface area contributed by atoms with Crippen LogP contribution in [0.2, 0.25) is 0 Å². The van der Waals surface area contributed by atoms with E-state index in [9.17, 15) is 0 Å². The number of aromatic nitrogens is 4. The SMILES string of the molecule is CCc1sc(-c2nnc(CSc3nnc(NC(C)(C)C)s3)o2)cc1C. The second kappa shape index (κ2) is 7.43. The van der Waals surface area contributed by atoms with Gasteiger partial charge in [0.05, 0.1) is 10.6 Å². The minimum Gasteiger partial charge on any atom is -0.419 e. The Balaban J connectivity index is 1.62. The summed E-state index contributed by atoms with van der Waals surface area (Å²) in [5, 5.41) is 20.8. The molecule has 0 aliphatic carbocycles. The Morgan fingerprint density at radius 1 is 1.16 bits per heavy atom. The van der Waals surface area contributed by atoms with Gasteiger partial charge in [-0.2, -0.15) is 0 Å².